The Balaban J connectivity index is 2.06. The molecule has 1 N–H and O–H groups in total. The Kier molecular flexibility index (Phi) is 6.66. The molecule has 0 unspecified atom stereocenters. The van der Waals surface area contributed by atoms with Crippen molar-refractivity contribution in [3.8, 4) is 11.5 Å². The van der Waals surface area contributed by atoms with E-state index in [0.29, 0.717) is 42.3 Å². The van der Waals surface area contributed by atoms with Crippen LogP contribution in [0.1, 0.15) is 0 Å². The molecule has 23 heavy (non-hydrogen) atoms. The monoisotopic (exact) mass is 408 g/mol. The first-order valence-electron chi connectivity index (χ1n) is 7.19. The summed E-state index contributed by atoms with van der Waals surface area (Å²) in [5.41, 5.74) is 0. The van der Waals surface area contributed by atoms with Crippen LogP contribution in [0.25, 0.3) is 0 Å². The molecule has 130 valence electrons. The molecule has 9 heteroatoms. The first kappa shape index (κ1) is 18.5. The number of sulfonamides is 1. The Hall–Kier alpha value is -0.870. The number of ether oxygens (including phenoxy) is 3. The maximum atomic E-state index is 12.5. The van der Waals surface area contributed by atoms with E-state index in [1.165, 1.54) is 20.3 Å². The summed E-state index contributed by atoms with van der Waals surface area (Å²) in [5.74, 6) is 0.830. The highest BCUT2D eigenvalue weighted by atomic mass is 79.9. The van der Waals surface area contributed by atoms with Gasteiger partial charge in [-0.25, -0.2) is 13.1 Å². The molecule has 1 aliphatic rings. The zero-order valence-electron chi connectivity index (χ0n) is 13.2. The van der Waals surface area contributed by atoms with E-state index in [9.17, 15) is 8.42 Å². The third-order valence-corrected chi connectivity index (χ3v) is 5.97. The fourth-order valence-corrected chi connectivity index (χ4v) is 4.34. The highest BCUT2D eigenvalue weighted by Crippen LogP contribution is 2.35. The zero-order valence-corrected chi connectivity index (χ0v) is 15.6. The predicted molar refractivity (Wildman–Crippen MR) is 89.7 cm³/mol. The van der Waals surface area contributed by atoms with Gasteiger partial charge in [0.2, 0.25) is 10.0 Å². The fourth-order valence-electron chi connectivity index (χ4n) is 2.28. The van der Waals surface area contributed by atoms with E-state index in [1.807, 2.05) is 0 Å². The second kappa shape index (κ2) is 8.29. The number of benzene rings is 1. The molecule has 0 aromatic heterocycles. The van der Waals surface area contributed by atoms with Gasteiger partial charge in [-0.3, -0.25) is 4.90 Å². The minimum absolute atomic E-state index is 0.122. The van der Waals surface area contributed by atoms with Gasteiger partial charge in [0.15, 0.2) is 11.5 Å². The Morgan fingerprint density at radius 2 is 1.83 bits per heavy atom. The van der Waals surface area contributed by atoms with Gasteiger partial charge in [-0.1, -0.05) is 0 Å². The number of rotatable bonds is 7. The van der Waals surface area contributed by atoms with Gasteiger partial charge >= 0.3 is 0 Å². The van der Waals surface area contributed by atoms with Crippen molar-refractivity contribution in [2.45, 2.75) is 4.90 Å². The lowest BCUT2D eigenvalue weighted by atomic mass is 10.3. The maximum Gasteiger partial charge on any atom is 0.241 e. The molecule has 2 rings (SSSR count). The van der Waals surface area contributed by atoms with Crippen LogP contribution >= 0.6 is 15.9 Å². The van der Waals surface area contributed by atoms with Crippen LogP contribution in [0.2, 0.25) is 0 Å². The first-order valence-corrected chi connectivity index (χ1v) is 9.47. The molecular weight excluding hydrogens is 388 g/mol. The third kappa shape index (κ3) is 4.80. The molecule has 0 atom stereocenters. The summed E-state index contributed by atoms with van der Waals surface area (Å²) in [5, 5.41) is 0. The van der Waals surface area contributed by atoms with Gasteiger partial charge in [-0.05, 0) is 22.0 Å². The lowest BCUT2D eigenvalue weighted by molar-refractivity contribution is 0.0390. The van der Waals surface area contributed by atoms with Gasteiger partial charge < -0.3 is 14.2 Å². The van der Waals surface area contributed by atoms with Crippen LogP contribution in [0, 0.1) is 0 Å². The zero-order chi connectivity index (χ0) is 16.9. The number of nitrogens with zero attached hydrogens (tertiary/aromatic N) is 1. The highest BCUT2D eigenvalue weighted by molar-refractivity contribution is 9.10. The molecule has 1 heterocycles. The van der Waals surface area contributed by atoms with E-state index in [0.717, 1.165) is 13.1 Å². The standard InChI is InChI=1S/C14H21BrN2O5S/c1-20-12-9-11(15)14(10-13(12)21-2)23(18,19)16-3-4-17-5-7-22-8-6-17/h9-10,16H,3-8H2,1-2H3. The van der Waals surface area contributed by atoms with E-state index < -0.39 is 10.0 Å². The smallest absolute Gasteiger partial charge is 0.241 e. The number of hydrogen-bond acceptors (Lipinski definition) is 6. The average molecular weight is 409 g/mol. The maximum absolute atomic E-state index is 12.5. The summed E-state index contributed by atoms with van der Waals surface area (Å²) < 4.78 is 43.6. The van der Waals surface area contributed by atoms with E-state index in [4.69, 9.17) is 14.2 Å². The van der Waals surface area contributed by atoms with Crippen molar-refractivity contribution >= 4 is 26.0 Å². The molecule has 0 amide bonds. The molecule has 1 aromatic carbocycles. The molecule has 0 aliphatic carbocycles. The normalized spacial score (nSPS) is 16.3. The molecule has 1 saturated heterocycles. The Morgan fingerprint density at radius 1 is 1.22 bits per heavy atom. The van der Waals surface area contributed by atoms with Gasteiger partial charge in [0.05, 0.1) is 27.4 Å². The van der Waals surface area contributed by atoms with Crippen LogP contribution in [0.15, 0.2) is 21.5 Å². The van der Waals surface area contributed by atoms with Crippen molar-refractivity contribution in [3.05, 3.63) is 16.6 Å². The lowest BCUT2D eigenvalue weighted by Crippen LogP contribution is -2.41. The SMILES string of the molecule is COc1cc(Br)c(S(=O)(=O)NCCN2CCOCC2)cc1OC. The molecule has 7 nitrogen and oxygen atoms in total. The second-order valence-electron chi connectivity index (χ2n) is 4.99. The van der Waals surface area contributed by atoms with Crippen molar-refractivity contribution in [3.63, 3.8) is 0 Å². The molecule has 0 bridgehead atoms. The van der Waals surface area contributed by atoms with Crippen LogP contribution in [0.5, 0.6) is 11.5 Å². The van der Waals surface area contributed by atoms with Crippen LogP contribution in [-0.2, 0) is 14.8 Å². The number of morpholine rings is 1. The second-order valence-corrected chi connectivity index (χ2v) is 7.58. The number of methoxy groups -OCH3 is 2. The topological polar surface area (TPSA) is 77.1 Å². The quantitative estimate of drug-likeness (QED) is 0.727. The van der Waals surface area contributed by atoms with Crippen molar-refractivity contribution in [1.82, 2.24) is 9.62 Å². The van der Waals surface area contributed by atoms with Crippen LogP contribution in [-0.4, -0.2) is 66.9 Å². The van der Waals surface area contributed by atoms with E-state index in [-0.39, 0.29) is 4.90 Å². The third-order valence-electron chi connectivity index (χ3n) is 3.55. The van der Waals surface area contributed by atoms with Crippen molar-refractivity contribution in [2.75, 3.05) is 53.6 Å². The molecule has 1 aromatic rings. The summed E-state index contributed by atoms with van der Waals surface area (Å²) in [6, 6.07) is 3.02. The molecule has 0 spiro atoms. The molecule has 0 radical (unpaired) electrons. The Morgan fingerprint density at radius 3 is 2.43 bits per heavy atom. The highest BCUT2D eigenvalue weighted by Gasteiger charge is 2.21. The molecule has 1 fully saturated rings. The van der Waals surface area contributed by atoms with Gasteiger partial charge in [-0.2, -0.15) is 0 Å². The number of hydrogen-bond donors (Lipinski definition) is 1. The average Bonchev–Trinajstić information content (AvgIpc) is 2.55. The van der Waals surface area contributed by atoms with Crippen molar-refractivity contribution in [2.24, 2.45) is 0 Å². The van der Waals surface area contributed by atoms with Gasteiger partial charge in [-0.15, -0.1) is 0 Å². The Labute approximate surface area is 145 Å². The molecule has 0 saturated carbocycles. The first-order chi connectivity index (χ1) is 11.0. The number of nitrogens with one attached hydrogen (secondary N) is 1. The number of halogens is 1. The summed E-state index contributed by atoms with van der Waals surface area (Å²) in [7, 11) is -0.674. The molecular formula is C14H21BrN2O5S. The van der Waals surface area contributed by atoms with Crippen LogP contribution in [0.3, 0.4) is 0 Å². The fraction of sp³-hybridized carbons (Fsp3) is 0.571. The predicted octanol–water partition coefficient (Wildman–Crippen LogP) is 1.08. The van der Waals surface area contributed by atoms with Crippen LogP contribution in [0.4, 0.5) is 0 Å². The minimum Gasteiger partial charge on any atom is -0.493 e. The molecule has 1 aliphatic heterocycles. The van der Waals surface area contributed by atoms with Gasteiger partial charge in [0.25, 0.3) is 0 Å². The summed E-state index contributed by atoms with van der Waals surface area (Å²) >= 11 is 3.27. The van der Waals surface area contributed by atoms with Gasteiger partial charge in [0.1, 0.15) is 4.90 Å². The van der Waals surface area contributed by atoms with E-state index in [2.05, 4.69) is 25.6 Å². The van der Waals surface area contributed by atoms with Crippen LogP contribution < -0.4 is 14.2 Å². The van der Waals surface area contributed by atoms with Crippen molar-refractivity contribution in [1.29, 1.82) is 0 Å². The van der Waals surface area contributed by atoms with Gasteiger partial charge in [0, 0.05) is 36.7 Å². The lowest BCUT2D eigenvalue weighted by Gasteiger charge is -2.26. The van der Waals surface area contributed by atoms with E-state index in [1.54, 1.807) is 6.07 Å². The summed E-state index contributed by atoms with van der Waals surface area (Å²) in [6.07, 6.45) is 0. The summed E-state index contributed by atoms with van der Waals surface area (Å²) in [6.45, 7) is 4.00. The largest absolute Gasteiger partial charge is 0.493 e. The minimum atomic E-state index is -3.64. The summed E-state index contributed by atoms with van der Waals surface area (Å²) in [4.78, 5) is 2.28. The Bertz CT molecular complexity index is 632. The van der Waals surface area contributed by atoms with E-state index >= 15 is 0 Å². The van der Waals surface area contributed by atoms with Crippen molar-refractivity contribution < 1.29 is 22.6 Å².